The Morgan fingerprint density at radius 3 is 1.89 bits per heavy atom. The van der Waals surface area contributed by atoms with Crippen LogP contribution in [-0.2, 0) is 37.5 Å². The highest BCUT2D eigenvalue weighted by Gasteiger charge is 2.39. The van der Waals surface area contributed by atoms with Crippen molar-refractivity contribution in [3.05, 3.63) is 24.3 Å². The maximum Gasteiger partial charge on any atom is 0.306 e. The minimum Gasteiger partial charge on any atom is -0.756 e. The van der Waals surface area contributed by atoms with Gasteiger partial charge in [-0.1, -0.05) is 160 Å². The number of carbonyl (C=O) groups excluding carboxylic acids is 3. The van der Waals surface area contributed by atoms with E-state index in [2.05, 4.69) is 13.8 Å². The fourth-order valence-corrected chi connectivity index (χ4v) is 8.19. The van der Waals surface area contributed by atoms with Gasteiger partial charge in [-0.05, 0) is 32.1 Å². The van der Waals surface area contributed by atoms with Crippen molar-refractivity contribution in [2.75, 3.05) is 47.5 Å². The third-order valence-corrected chi connectivity index (χ3v) is 12.3. The van der Waals surface area contributed by atoms with Gasteiger partial charge in [-0.25, -0.2) is 0 Å². The highest BCUT2D eigenvalue weighted by molar-refractivity contribution is 7.45. The van der Waals surface area contributed by atoms with E-state index in [9.17, 15) is 34.1 Å². The van der Waals surface area contributed by atoms with E-state index in [0.29, 0.717) is 43.1 Å². The molecule has 12 nitrogen and oxygen atoms in total. The van der Waals surface area contributed by atoms with Crippen LogP contribution in [0.1, 0.15) is 187 Å². The van der Waals surface area contributed by atoms with Crippen LogP contribution in [0.5, 0.6) is 0 Å². The fourth-order valence-electron chi connectivity index (χ4n) is 7.46. The van der Waals surface area contributed by atoms with Crippen molar-refractivity contribution in [1.82, 2.24) is 0 Å². The van der Waals surface area contributed by atoms with Crippen molar-refractivity contribution in [1.29, 1.82) is 0 Å². The standard InChI is InChI=1S/C48H88NO11P/c1-6-8-10-11-12-13-14-15-16-17-18-19-20-21-22-23-28-32-47(53)57-39-42(40-59-61(55,56)58-37-36-49(3,4)5)60-48(54)33-29-25-24-27-31-43-44(46(52)38-45(43)51)35-34-41(50)30-26-9-7-2/h24,27,34-35,41-44,46,50,52H,6-23,25-26,28-33,36-40H2,1-5H3/b27-24-,35-34+/t41-,42+,43+,44+,46+/m0/s1. The van der Waals surface area contributed by atoms with Gasteiger partial charge >= 0.3 is 11.9 Å². The molecule has 61 heavy (non-hydrogen) atoms. The summed E-state index contributed by atoms with van der Waals surface area (Å²) in [5.74, 6) is -1.76. The number of aliphatic hydroxyl groups is 2. The van der Waals surface area contributed by atoms with Crippen molar-refractivity contribution in [3.8, 4) is 0 Å². The molecule has 0 spiro atoms. The van der Waals surface area contributed by atoms with Crippen LogP contribution >= 0.6 is 7.82 Å². The molecule has 0 aromatic heterocycles. The molecule has 0 aromatic carbocycles. The minimum absolute atomic E-state index is 0.00794. The maximum atomic E-state index is 12.8. The molecule has 1 rings (SSSR count). The van der Waals surface area contributed by atoms with E-state index in [4.69, 9.17) is 18.5 Å². The fraction of sp³-hybridized carbons (Fsp3) is 0.854. The van der Waals surface area contributed by atoms with Crippen LogP contribution in [0.25, 0.3) is 0 Å². The number of hydrogen-bond donors (Lipinski definition) is 2. The minimum atomic E-state index is -4.70. The topological polar surface area (TPSA) is 169 Å². The Balaban J connectivity index is 2.45. The molecule has 0 bridgehead atoms. The van der Waals surface area contributed by atoms with Gasteiger partial charge in [0.1, 0.15) is 25.5 Å². The van der Waals surface area contributed by atoms with E-state index >= 15 is 0 Å². The van der Waals surface area contributed by atoms with Crippen molar-refractivity contribution in [2.24, 2.45) is 11.8 Å². The van der Waals surface area contributed by atoms with Crippen LogP contribution in [0.2, 0.25) is 0 Å². The molecule has 356 valence electrons. The lowest BCUT2D eigenvalue weighted by Gasteiger charge is -2.28. The molecule has 13 heteroatoms. The Kier molecular flexibility index (Phi) is 33.2. The largest absolute Gasteiger partial charge is 0.756 e. The first-order valence-electron chi connectivity index (χ1n) is 24.1. The van der Waals surface area contributed by atoms with Gasteiger partial charge in [0.25, 0.3) is 7.82 Å². The van der Waals surface area contributed by atoms with Gasteiger partial charge < -0.3 is 38.1 Å². The molecule has 1 unspecified atom stereocenters. The van der Waals surface area contributed by atoms with Gasteiger partial charge in [-0.2, -0.15) is 0 Å². The summed E-state index contributed by atoms with van der Waals surface area (Å²) in [4.78, 5) is 50.4. The quantitative estimate of drug-likeness (QED) is 0.0198. The van der Waals surface area contributed by atoms with E-state index in [1.54, 1.807) is 12.2 Å². The molecule has 2 N–H and O–H groups in total. The van der Waals surface area contributed by atoms with Crippen molar-refractivity contribution < 1.29 is 57.1 Å². The van der Waals surface area contributed by atoms with Crippen molar-refractivity contribution >= 4 is 25.5 Å². The number of hydrogen-bond acceptors (Lipinski definition) is 11. The Labute approximate surface area is 370 Å². The summed E-state index contributed by atoms with van der Waals surface area (Å²) >= 11 is 0. The van der Waals surface area contributed by atoms with E-state index in [0.717, 1.165) is 38.5 Å². The number of ether oxygens (including phenoxy) is 2. The van der Waals surface area contributed by atoms with Gasteiger partial charge in [-0.15, -0.1) is 0 Å². The second-order valence-corrected chi connectivity index (χ2v) is 19.7. The summed E-state index contributed by atoms with van der Waals surface area (Å²) < 4.78 is 33.9. The molecule has 6 atom stereocenters. The molecule has 0 radical (unpaired) electrons. The van der Waals surface area contributed by atoms with E-state index < -0.39 is 44.7 Å². The Hall–Kier alpha value is -1.92. The number of ketones is 1. The lowest BCUT2D eigenvalue weighted by atomic mass is 9.90. The SMILES string of the molecule is CCCCCCCCCCCCCCCCCCCC(=O)OC[C@H](COP(=O)([O-])OCC[N+](C)(C)C)OC(=O)CCC/C=C\C[C@H]1C(=O)C[C@@H](O)[C@@H]1/C=C/[C@@H](O)CCCCC. The van der Waals surface area contributed by atoms with Gasteiger partial charge in [0.2, 0.25) is 0 Å². The van der Waals surface area contributed by atoms with Crippen LogP contribution in [0, 0.1) is 11.8 Å². The van der Waals surface area contributed by atoms with Crippen LogP contribution in [0.3, 0.4) is 0 Å². The number of phosphoric ester groups is 1. The summed E-state index contributed by atoms with van der Waals surface area (Å²) in [6.45, 7) is 3.83. The average Bonchev–Trinajstić information content (AvgIpc) is 3.47. The zero-order chi connectivity index (χ0) is 45.2. The van der Waals surface area contributed by atoms with Crippen LogP contribution in [-0.4, -0.2) is 98.2 Å². The number of quaternary nitrogens is 1. The number of nitrogens with zero attached hydrogens (tertiary/aromatic N) is 1. The number of phosphoric acid groups is 1. The number of allylic oxidation sites excluding steroid dienone is 2. The molecule has 0 aliphatic heterocycles. The first kappa shape index (κ1) is 57.1. The molecule has 0 amide bonds. The van der Waals surface area contributed by atoms with E-state index in [1.807, 2.05) is 33.3 Å². The molecule has 0 saturated heterocycles. The Bertz CT molecular complexity index is 1250. The van der Waals surface area contributed by atoms with E-state index in [1.165, 1.54) is 83.5 Å². The van der Waals surface area contributed by atoms with Crippen LogP contribution < -0.4 is 4.89 Å². The predicted octanol–water partition coefficient (Wildman–Crippen LogP) is 9.87. The monoisotopic (exact) mass is 886 g/mol. The Morgan fingerprint density at radius 2 is 1.31 bits per heavy atom. The maximum absolute atomic E-state index is 12.8. The third-order valence-electron chi connectivity index (χ3n) is 11.3. The summed E-state index contributed by atoms with van der Waals surface area (Å²) in [6, 6.07) is 0. The number of Topliss-reactive ketones (excluding diaryl/α,β-unsaturated/α-hetero) is 1. The average molecular weight is 886 g/mol. The number of rotatable bonds is 40. The van der Waals surface area contributed by atoms with Crippen LogP contribution in [0.4, 0.5) is 0 Å². The second kappa shape index (κ2) is 35.4. The molecule has 1 aliphatic carbocycles. The number of unbranched alkanes of at least 4 members (excludes halogenated alkanes) is 19. The zero-order valence-corrected chi connectivity index (χ0v) is 40.0. The zero-order valence-electron chi connectivity index (χ0n) is 39.1. The summed E-state index contributed by atoms with van der Waals surface area (Å²) in [7, 11) is 1.01. The van der Waals surface area contributed by atoms with Crippen molar-refractivity contribution in [2.45, 2.75) is 206 Å². The number of aliphatic hydroxyl groups excluding tert-OH is 2. The summed E-state index contributed by atoms with van der Waals surface area (Å²) in [5.41, 5.74) is 0. The second-order valence-electron chi connectivity index (χ2n) is 18.3. The molecular formula is C48H88NO11P. The van der Waals surface area contributed by atoms with Crippen LogP contribution in [0.15, 0.2) is 24.3 Å². The molecule has 1 fully saturated rings. The Morgan fingerprint density at radius 1 is 0.770 bits per heavy atom. The van der Waals surface area contributed by atoms with Gasteiger partial charge in [-0.3, -0.25) is 18.9 Å². The third kappa shape index (κ3) is 32.4. The van der Waals surface area contributed by atoms with Crippen molar-refractivity contribution in [3.63, 3.8) is 0 Å². The first-order chi connectivity index (χ1) is 29.2. The summed E-state index contributed by atoms with van der Waals surface area (Å²) in [5, 5.41) is 20.7. The van der Waals surface area contributed by atoms with E-state index in [-0.39, 0.29) is 50.1 Å². The summed E-state index contributed by atoms with van der Waals surface area (Å²) in [6.07, 6.45) is 31.4. The molecule has 1 saturated carbocycles. The molecule has 0 heterocycles. The number of esters is 2. The van der Waals surface area contributed by atoms with Gasteiger partial charge in [0, 0.05) is 31.1 Å². The highest BCUT2D eigenvalue weighted by atomic mass is 31.2. The lowest BCUT2D eigenvalue weighted by molar-refractivity contribution is -0.870. The van der Waals surface area contributed by atoms with Gasteiger partial charge in [0.15, 0.2) is 6.10 Å². The predicted molar refractivity (Wildman–Crippen MR) is 242 cm³/mol. The molecule has 0 aromatic rings. The van der Waals surface area contributed by atoms with Gasteiger partial charge in [0.05, 0.1) is 40.0 Å². The smallest absolute Gasteiger partial charge is 0.306 e. The molecule has 1 aliphatic rings. The number of likely N-dealkylation sites (N-methyl/N-ethyl adjacent to an activating group) is 1. The molecular weight excluding hydrogens is 797 g/mol. The normalized spacial score (nSPS) is 19.1. The highest BCUT2D eigenvalue weighted by Crippen LogP contribution is 2.38. The number of carbonyl (C=O) groups is 3. The lowest BCUT2D eigenvalue weighted by Crippen LogP contribution is -2.37. The first-order valence-corrected chi connectivity index (χ1v) is 25.6.